The van der Waals surface area contributed by atoms with Crippen molar-refractivity contribution in [3.05, 3.63) is 23.8 Å². The van der Waals surface area contributed by atoms with Gasteiger partial charge in [0.1, 0.15) is 0 Å². The summed E-state index contributed by atoms with van der Waals surface area (Å²) in [6, 6.07) is 5.42. The molecular weight excluding hydrogens is 260 g/mol. The van der Waals surface area contributed by atoms with Crippen molar-refractivity contribution in [1.29, 1.82) is 0 Å². The number of nitrogens with one attached hydrogen (secondary N) is 1. The topological polar surface area (TPSA) is 49.4 Å². The fourth-order valence-electron chi connectivity index (χ4n) is 2.50. The molecule has 19 heavy (non-hydrogen) atoms. The molecule has 1 aromatic carbocycles. The average Bonchev–Trinajstić information content (AvgIpc) is 2.86. The minimum absolute atomic E-state index is 0.0291. The number of sulfonamides is 1. The zero-order valence-electron chi connectivity index (χ0n) is 11.8. The van der Waals surface area contributed by atoms with Gasteiger partial charge in [-0.15, -0.1) is 0 Å². The fourth-order valence-corrected chi connectivity index (χ4v) is 4.26. The van der Waals surface area contributed by atoms with Crippen molar-refractivity contribution < 1.29 is 8.42 Å². The van der Waals surface area contributed by atoms with Crippen LogP contribution in [-0.4, -0.2) is 31.9 Å². The van der Waals surface area contributed by atoms with Gasteiger partial charge in [-0.2, -0.15) is 4.31 Å². The average molecular weight is 282 g/mol. The van der Waals surface area contributed by atoms with Gasteiger partial charge in [0, 0.05) is 24.8 Å². The molecule has 0 amide bonds. The molecule has 0 saturated carbocycles. The van der Waals surface area contributed by atoms with E-state index in [-0.39, 0.29) is 6.04 Å². The maximum absolute atomic E-state index is 12.7. The summed E-state index contributed by atoms with van der Waals surface area (Å²) in [6.07, 6.45) is 1.72. The molecule has 1 aliphatic rings. The third-order valence-corrected chi connectivity index (χ3v) is 5.87. The smallest absolute Gasteiger partial charge is 0.243 e. The minimum atomic E-state index is -3.38. The van der Waals surface area contributed by atoms with E-state index in [1.54, 1.807) is 10.4 Å². The second-order valence-electron chi connectivity index (χ2n) is 4.96. The molecular formula is C14H22N2O2S. The SMILES string of the molecule is CC[C@H](C)N(CC)S(=O)(=O)c1ccc2c(c1)CCN2. The van der Waals surface area contributed by atoms with E-state index in [4.69, 9.17) is 0 Å². The predicted molar refractivity (Wildman–Crippen MR) is 78.0 cm³/mol. The first-order valence-electron chi connectivity index (χ1n) is 6.89. The Morgan fingerprint density at radius 1 is 1.37 bits per heavy atom. The molecule has 1 N–H and O–H groups in total. The molecule has 1 aromatic rings. The summed E-state index contributed by atoms with van der Waals surface area (Å²) in [4.78, 5) is 0.414. The van der Waals surface area contributed by atoms with Gasteiger partial charge in [0.05, 0.1) is 4.90 Å². The van der Waals surface area contributed by atoms with Crippen LogP contribution in [0.25, 0.3) is 0 Å². The molecule has 1 heterocycles. The van der Waals surface area contributed by atoms with Crippen LogP contribution in [0.15, 0.2) is 23.1 Å². The Bertz CT molecular complexity index is 555. The molecule has 0 aromatic heterocycles. The van der Waals surface area contributed by atoms with E-state index in [1.165, 1.54) is 0 Å². The fraction of sp³-hybridized carbons (Fsp3) is 0.571. The standard InChI is InChI=1S/C14H22N2O2S/c1-4-11(3)16(5-2)19(17,18)13-6-7-14-12(10-13)8-9-15-14/h6-7,10-11,15H,4-5,8-9H2,1-3H3/t11-/m0/s1. The molecule has 0 radical (unpaired) electrons. The first-order valence-corrected chi connectivity index (χ1v) is 8.33. The predicted octanol–water partition coefficient (Wildman–Crippen LogP) is 2.46. The Labute approximate surface area is 115 Å². The van der Waals surface area contributed by atoms with Crippen LogP contribution in [0.5, 0.6) is 0 Å². The molecule has 0 unspecified atom stereocenters. The lowest BCUT2D eigenvalue weighted by Crippen LogP contribution is -2.38. The number of fused-ring (bicyclic) bond motifs is 1. The van der Waals surface area contributed by atoms with Crippen LogP contribution in [0.2, 0.25) is 0 Å². The van der Waals surface area contributed by atoms with E-state index < -0.39 is 10.0 Å². The minimum Gasteiger partial charge on any atom is -0.384 e. The molecule has 0 fully saturated rings. The van der Waals surface area contributed by atoms with Gasteiger partial charge in [-0.05, 0) is 43.5 Å². The number of hydrogen-bond acceptors (Lipinski definition) is 3. The number of anilines is 1. The van der Waals surface area contributed by atoms with Crippen LogP contribution in [0.4, 0.5) is 5.69 Å². The van der Waals surface area contributed by atoms with E-state index in [2.05, 4.69) is 5.32 Å². The van der Waals surface area contributed by atoms with Gasteiger partial charge in [0.2, 0.25) is 10.0 Å². The zero-order chi connectivity index (χ0) is 14.0. The van der Waals surface area contributed by atoms with E-state index in [0.29, 0.717) is 11.4 Å². The van der Waals surface area contributed by atoms with Crippen LogP contribution in [0.1, 0.15) is 32.8 Å². The second kappa shape index (κ2) is 5.51. The third-order valence-electron chi connectivity index (χ3n) is 3.79. The highest BCUT2D eigenvalue weighted by atomic mass is 32.2. The Morgan fingerprint density at radius 2 is 2.11 bits per heavy atom. The lowest BCUT2D eigenvalue weighted by molar-refractivity contribution is 0.342. The third kappa shape index (κ3) is 2.62. The Morgan fingerprint density at radius 3 is 2.74 bits per heavy atom. The van der Waals surface area contributed by atoms with Crippen molar-refractivity contribution in [2.24, 2.45) is 0 Å². The van der Waals surface area contributed by atoms with Crippen LogP contribution in [0, 0.1) is 0 Å². The molecule has 106 valence electrons. The largest absolute Gasteiger partial charge is 0.384 e. The highest BCUT2D eigenvalue weighted by Crippen LogP contribution is 2.27. The molecule has 1 atom stereocenters. The zero-order valence-corrected chi connectivity index (χ0v) is 12.6. The first kappa shape index (κ1) is 14.3. The summed E-state index contributed by atoms with van der Waals surface area (Å²) < 4.78 is 26.9. The van der Waals surface area contributed by atoms with Gasteiger partial charge < -0.3 is 5.32 Å². The highest BCUT2D eigenvalue weighted by Gasteiger charge is 2.27. The van der Waals surface area contributed by atoms with Crippen molar-refractivity contribution in [2.45, 2.75) is 44.6 Å². The van der Waals surface area contributed by atoms with Crippen molar-refractivity contribution in [3.63, 3.8) is 0 Å². The van der Waals surface area contributed by atoms with Gasteiger partial charge in [0.25, 0.3) is 0 Å². The van der Waals surface area contributed by atoms with Crippen molar-refractivity contribution >= 4 is 15.7 Å². The lowest BCUT2D eigenvalue weighted by atomic mass is 10.2. The molecule has 0 saturated heterocycles. The van der Waals surface area contributed by atoms with E-state index >= 15 is 0 Å². The monoisotopic (exact) mass is 282 g/mol. The molecule has 4 nitrogen and oxygen atoms in total. The molecule has 1 aliphatic heterocycles. The number of rotatable bonds is 5. The van der Waals surface area contributed by atoms with E-state index in [1.807, 2.05) is 32.9 Å². The maximum Gasteiger partial charge on any atom is 0.243 e. The summed E-state index contributed by atoms with van der Waals surface area (Å²) in [5.41, 5.74) is 2.16. The van der Waals surface area contributed by atoms with Crippen LogP contribution >= 0.6 is 0 Å². The van der Waals surface area contributed by atoms with Crippen LogP contribution < -0.4 is 5.32 Å². The Balaban J connectivity index is 2.38. The Hall–Kier alpha value is -1.07. The van der Waals surface area contributed by atoms with Gasteiger partial charge in [-0.1, -0.05) is 13.8 Å². The number of hydrogen-bond donors (Lipinski definition) is 1. The highest BCUT2D eigenvalue weighted by molar-refractivity contribution is 7.89. The Kier molecular flexibility index (Phi) is 4.16. The van der Waals surface area contributed by atoms with Crippen molar-refractivity contribution in [2.75, 3.05) is 18.4 Å². The molecule has 2 rings (SSSR count). The summed E-state index contributed by atoms with van der Waals surface area (Å²) in [5, 5.41) is 3.25. The van der Waals surface area contributed by atoms with E-state index in [0.717, 1.165) is 30.6 Å². The molecule has 5 heteroatoms. The number of nitrogens with zero attached hydrogens (tertiary/aromatic N) is 1. The van der Waals surface area contributed by atoms with E-state index in [9.17, 15) is 8.42 Å². The molecule has 0 aliphatic carbocycles. The second-order valence-corrected chi connectivity index (χ2v) is 6.85. The summed E-state index contributed by atoms with van der Waals surface area (Å²) in [7, 11) is -3.38. The van der Waals surface area contributed by atoms with Crippen molar-refractivity contribution in [3.8, 4) is 0 Å². The summed E-state index contributed by atoms with van der Waals surface area (Å²) in [5.74, 6) is 0. The van der Waals surface area contributed by atoms with Gasteiger partial charge in [0.15, 0.2) is 0 Å². The van der Waals surface area contributed by atoms with Gasteiger partial charge in [-0.25, -0.2) is 8.42 Å². The van der Waals surface area contributed by atoms with Gasteiger partial charge in [-0.3, -0.25) is 0 Å². The quantitative estimate of drug-likeness (QED) is 0.902. The lowest BCUT2D eigenvalue weighted by Gasteiger charge is -2.26. The number of benzene rings is 1. The normalized spacial score (nSPS) is 16.2. The molecule has 0 bridgehead atoms. The first-order chi connectivity index (χ1) is 9.00. The summed E-state index contributed by atoms with van der Waals surface area (Å²) >= 11 is 0. The van der Waals surface area contributed by atoms with Crippen LogP contribution in [-0.2, 0) is 16.4 Å². The van der Waals surface area contributed by atoms with Gasteiger partial charge >= 0.3 is 0 Å². The maximum atomic E-state index is 12.7. The van der Waals surface area contributed by atoms with Crippen LogP contribution in [0.3, 0.4) is 0 Å². The van der Waals surface area contributed by atoms with Crippen molar-refractivity contribution in [1.82, 2.24) is 4.31 Å². The summed E-state index contributed by atoms with van der Waals surface area (Å²) in [6.45, 7) is 7.25. The molecule has 0 spiro atoms.